The lowest BCUT2D eigenvalue weighted by Gasteiger charge is -2.33. The van der Waals surface area contributed by atoms with E-state index in [1.165, 1.54) is 0 Å². The number of amides is 1. The average molecular weight is 425 g/mol. The highest BCUT2D eigenvalue weighted by atomic mass is 127. The van der Waals surface area contributed by atoms with Gasteiger partial charge >= 0.3 is 0 Å². The van der Waals surface area contributed by atoms with Crippen molar-refractivity contribution < 1.29 is 4.79 Å². The van der Waals surface area contributed by atoms with Gasteiger partial charge < -0.3 is 15.5 Å². The summed E-state index contributed by atoms with van der Waals surface area (Å²) in [5.74, 6) is 1.05. The highest BCUT2D eigenvalue weighted by Gasteiger charge is 2.18. The molecule has 1 heterocycles. The summed E-state index contributed by atoms with van der Waals surface area (Å²) in [6.45, 7) is 16.2. The fraction of sp³-hybridized carbons (Fsp3) is 0.867. The number of rotatable bonds is 4. The first kappa shape index (κ1) is 21.4. The van der Waals surface area contributed by atoms with Gasteiger partial charge in [0, 0.05) is 51.7 Å². The van der Waals surface area contributed by atoms with E-state index >= 15 is 0 Å². The maximum absolute atomic E-state index is 11.3. The molecule has 0 atom stereocenters. The topological polar surface area (TPSA) is 60.0 Å². The van der Waals surface area contributed by atoms with Crippen LogP contribution in [0.1, 0.15) is 34.6 Å². The first-order valence-electron chi connectivity index (χ1n) is 7.86. The van der Waals surface area contributed by atoms with Crippen molar-refractivity contribution >= 4 is 35.8 Å². The quantitative estimate of drug-likeness (QED) is 0.403. The summed E-state index contributed by atoms with van der Waals surface area (Å²) in [5, 5.41) is 6.65. The fourth-order valence-corrected chi connectivity index (χ4v) is 2.25. The molecule has 1 fully saturated rings. The summed E-state index contributed by atoms with van der Waals surface area (Å²) < 4.78 is 0. The summed E-state index contributed by atoms with van der Waals surface area (Å²) in [7, 11) is 0. The predicted molar refractivity (Wildman–Crippen MR) is 103 cm³/mol. The minimum Gasteiger partial charge on any atom is -0.357 e. The fourth-order valence-electron chi connectivity index (χ4n) is 2.25. The van der Waals surface area contributed by atoms with Crippen molar-refractivity contribution in [1.82, 2.24) is 20.4 Å². The van der Waals surface area contributed by atoms with Gasteiger partial charge in [0.1, 0.15) is 0 Å². The van der Waals surface area contributed by atoms with E-state index in [0.29, 0.717) is 0 Å². The Kier molecular flexibility index (Phi) is 9.99. The molecule has 0 aliphatic carbocycles. The largest absolute Gasteiger partial charge is 0.357 e. The molecule has 22 heavy (non-hydrogen) atoms. The maximum atomic E-state index is 11.3. The molecule has 2 N–H and O–H groups in total. The van der Waals surface area contributed by atoms with Gasteiger partial charge in [0.25, 0.3) is 0 Å². The Morgan fingerprint density at radius 1 is 1.18 bits per heavy atom. The van der Waals surface area contributed by atoms with E-state index in [0.717, 1.165) is 51.8 Å². The van der Waals surface area contributed by atoms with Crippen LogP contribution in [0.2, 0.25) is 0 Å². The smallest absolute Gasteiger partial charge is 0.219 e. The van der Waals surface area contributed by atoms with Crippen LogP contribution < -0.4 is 10.6 Å². The lowest BCUT2D eigenvalue weighted by Crippen LogP contribution is -2.49. The molecule has 1 amide bonds. The number of hydrogen-bond acceptors (Lipinski definition) is 3. The molecule has 0 saturated carbocycles. The summed E-state index contributed by atoms with van der Waals surface area (Å²) >= 11 is 0. The van der Waals surface area contributed by atoms with Crippen molar-refractivity contribution in [1.29, 1.82) is 0 Å². The number of guanidine groups is 1. The van der Waals surface area contributed by atoms with E-state index in [1.54, 1.807) is 6.92 Å². The van der Waals surface area contributed by atoms with Crippen LogP contribution >= 0.6 is 24.0 Å². The van der Waals surface area contributed by atoms with Gasteiger partial charge in [0.2, 0.25) is 5.91 Å². The third kappa shape index (κ3) is 8.77. The van der Waals surface area contributed by atoms with Crippen LogP contribution in [0.5, 0.6) is 0 Å². The van der Waals surface area contributed by atoms with Crippen LogP contribution in [0.4, 0.5) is 0 Å². The molecular formula is C15H32IN5O. The van der Waals surface area contributed by atoms with E-state index < -0.39 is 0 Å². The zero-order valence-corrected chi connectivity index (χ0v) is 16.9. The molecule has 0 aromatic carbocycles. The predicted octanol–water partition coefficient (Wildman–Crippen LogP) is 1.12. The summed E-state index contributed by atoms with van der Waals surface area (Å²) in [6.07, 6.45) is 0. The highest BCUT2D eigenvalue weighted by molar-refractivity contribution is 14.0. The molecule has 1 aliphatic rings. The SMILES string of the molecule is CCNC(=NCCN1CCN(C(C)=O)CC1)NC(C)(C)C.I. The third-order valence-corrected chi connectivity index (χ3v) is 3.34. The Morgan fingerprint density at radius 3 is 2.23 bits per heavy atom. The first-order chi connectivity index (χ1) is 9.81. The van der Waals surface area contributed by atoms with Crippen molar-refractivity contribution in [2.24, 2.45) is 4.99 Å². The second kappa shape index (κ2) is 10.3. The van der Waals surface area contributed by atoms with E-state index in [-0.39, 0.29) is 35.4 Å². The van der Waals surface area contributed by atoms with E-state index in [4.69, 9.17) is 0 Å². The number of nitrogens with one attached hydrogen (secondary N) is 2. The zero-order valence-electron chi connectivity index (χ0n) is 14.6. The minimum atomic E-state index is 0. The second-order valence-electron chi connectivity index (χ2n) is 6.48. The molecule has 7 heteroatoms. The first-order valence-corrected chi connectivity index (χ1v) is 7.86. The van der Waals surface area contributed by atoms with Gasteiger partial charge in [-0.15, -0.1) is 24.0 Å². The van der Waals surface area contributed by atoms with Gasteiger partial charge in [0.15, 0.2) is 5.96 Å². The number of halogens is 1. The molecule has 0 aromatic heterocycles. The maximum Gasteiger partial charge on any atom is 0.219 e. The monoisotopic (exact) mass is 425 g/mol. The molecule has 1 rings (SSSR count). The molecule has 0 unspecified atom stereocenters. The van der Waals surface area contributed by atoms with Crippen molar-refractivity contribution in [3.8, 4) is 0 Å². The van der Waals surface area contributed by atoms with Crippen LogP contribution in [0.15, 0.2) is 4.99 Å². The molecule has 0 aromatic rings. The van der Waals surface area contributed by atoms with Crippen molar-refractivity contribution in [3.05, 3.63) is 0 Å². The van der Waals surface area contributed by atoms with Crippen molar-refractivity contribution in [2.45, 2.75) is 40.2 Å². The lowest BCUT2D eigenvalue weighted by atomic mass is 10.1. The Morgan fingerprint density at radius 2 is 1.77 bits per heavy atom. The van der Waals surface area contributed by atoms with Crippen molar-refractivity contribution in [3.63, 3.8) is 0 Å². The molecule has 0 radical (unpaired) electrons. The number of hydrogen-bond donors (Lipinski definition) is 2. The Labute approximate surface area is 152 Å². The van der Waals surface area contributed by atoms with Gasteiger partial charge in [-0.2, -0.15) is 0 Å². The molecule has 130 valence electrons. The molecule has 6 nitrogen and oxygen atoms in total. The average Bonchev–Trinajstić information content (AvgIpc) is 2.37. The van der Waals surface area contributed by atoms with Gasteiger partial charge in [-0.1, -0.05) is 0 Å². The molecule has 0 spiro atoms. The molecular weight excluding hydrogens is 393 g/mol. The Balaban J connectivity index is 0.00000441. The van der Waals surface area contributed by atoms with Crippen LogP contribution in [-0.4, -0.2) is 73.0 Å². The lowest BCUT2D eigenvalue weighted by molar-refractivity contribution is -0.130. The number of nitrogens with zero attached hydrogens (tertiary/aromatic N) is 3. The molecule has 1 aliphatic heterocycles. The summed E-state index contributed by atoms with van der Waals surface area (Å²) in [6, 6.07) is 0. The standard InChI is InChI=1S/C15H31N5O.HI/c1-6-16-14(18-15(3,4)5)17-7-8-19-9-11-20(12-10-19)13(2)21;/h6-12H2,1-5H3,(H2,16,17,18);1H. The Hall–Kier alpha value is -0.570. The third-order valence-electron chi connectivity index (χ3n) is 3.34. The van der Waals surface area contributed by atoms with Crippen molar-refractivity contribution in [2.75, 3.05) is 45.8 Å². The Bertz CT molecular complexity index is 359. The number of piperazine rings is 1. The summed E-state index contributed by atoms with van der Waals surface area (Å²) in [5.41, 5.74) is 0.00805. The number of carbonyl (C=O) groups excluding carboxylic acids is 1. The van der Waals surface area contributed by atoms with Gasteiger partial charge in [0.05, 0.1) is 6.54 Å². The van der Waals surface area contributed by atoms with E-state index in [9.17, 15) is 4.79 Å². The van der Waals surface area contributed by atoms with Gasteiger partial charge in [-0.05, 0) is 27.7 Å². The minimum absolute atomic E-state index is 0. The van der Waals surface area contributed by atoms with Crippen LogP contribution in [0.3, 0.4) is 0 Å². The van der Waals surface area contributed by atoms with E-state index in [1.807, 2.05) is 4.90 Å². The zero-order chi connectivity index (χ0) is 15.9. The molecule has 0 bridgehead atoms. The van der Waals surface area contributed by atoms with E-state index in [2.05, 4.69) is 48.2 Å². The summed E-state index contributed by atoms with van der Waals surface area (Å²) in [4.78, 5) is 20.2. The second-order valence-corrected chi connectivity index (χ2v) is 6.48. The van der Waals surface area contributed by atoms with Crippen LogP contribution in [0, 0.1) is 0 Å². The number of aliphatic imine (C=N–C) groups is 1. The normalized spacial score (nSPS) is 17.0. The van der Waals surface area contributed by atoms with Crippen LogP contribution in [0.25, 0.3) is 0 Å². The highest BCUT2D eigenvalue weighted by Crippen LogP contribution is 2.02. The molecule has 1 saturated heterocycles. The van der Waals surface area contributed by atoms with Gasteiger partial charge in [-0.25, -0.2) is 0 Å². The van der Waals surface area contributed by atoms with Crippen LogP contribution in [-0.2, 0) is 4.79 Å². The number of carbonyl (C=O) groups is 1. The van der Waals surface area contributed by atoms with Gasteiger partial charge in [-0.3, -0.25) is 14.7 Å².